The number of benzene rings is 3. The Labute approximate surface area is 216 Å². The Morgan fingerprint density at radius 2 is 1.61 bits per heavy atom. The second-order valence-corrected chi connectivity index (χ2v) is 11.5. The molecule has 4 rings (SSSR count). The molecule has 0 amide bonds. The third kappa shape index (κ3) is 5.62. The molecule has 0 N–H and O–H groups in total. The highest BCUT2D eigenvalue weighted by Crippen LogP contribution is 2.33. The van der Waals surface area contributed by atoms with Crippen molar-refractivity contribution in [1.29, 1.82) is 0 Å². The number of ketones is 2. The SMILES string of the molecule is COc1ccc2cc(C(=O)C(C)N3CCN(CC(=O)c4ccc(S(C)(=O)=O)cc4)CC3)ccc2c1Cl. The van der Waals surface area contributed by atoms with Gasteiger partial charge in [0.05, 0.1) is 29.6 Å². The van der Waals surface area contributed by atoms with Gasteiger partial charge in [0.25, 0.3) is 0 Å². The van der Waals surface area contributed by atoms with Crippen LogP contribution in [0.25, 0.3) is 10.8 Å². The summed E-state index contributed by atoms with van der Waals surface area (Å²) in [5.74, 6) is 0.581. The van der Waals surface area contributed by atoms with Crippen LogP contribution in [0.2, 0.25) is 5.02 Å². The molecule has 1 aliphatic heterocycles. The molecule has 0 saturated carbocycles. The van der Waals surface area contributed by atoms with Crippen LogP contribution in [0.15, 0.2) is 59.5 Å². The molecular weight excluding hydrogens is 500 g/mol. The van der Waals surface area contributed by atoms with Crippen molar-refractivity contribution >= 4 is 43.8 Å². The highest BCUT2D eigenvalue weighted by Gasteiger charge is 2.27. The Kier molecular flexibility index (Phi) is 7.80. The van der Waals surface area contributed by atoms with Crippen LogP contribution in [0, 0.1) is 0 Å². The van der Waals surface area contributed by atoms with Gasteiger partial charge in [0, 0.05) is 48.9 Å². The molecule has 190 valence electrons. The van der Waals surface area contributed by atoms with Crippen LogP contribution >= 0.6 is 11.6 Å². The van der Waals surface area contributed by atoms with E-state index in [0.717, 1.165) is 17.0 Å². The summed E-state index contributed by atoms with van der Waals surface area (Å²) in [6.45, 7) is 4.84. The normalized spacial score (nSPS) is 16.1. The van der Waals surface area contributed by atoms with Gasteiger partial charge >= 0.3 is 0 Å². The molecule has 1 fully saturated rings. The van der Waals surface area contributed by atoms with E-state index in [1.165, 1.54) is 12.1 Å². The fraction of sp³-hybridized carbons (Fsp3) is 0.333. The van der Waals surface area contributed by atoms with E-state index in [9.17, 15) is 18.0 Å². The van der Waals surface area contributed by atoms with Gasteiger partial charge in [-0.15, -0.1) is 0 Å². The van der Waals surface area contributed by atoms with Crippen molar-refractivity contribution in [3.63, 3.8) is 0 Å². The molecule has 36 heavy (non-hydrogen) atoms. The predicted octanol–water partition coefficient (Wildman–Crippen LogP) is 3.98. The van der Waals surface area contributed by atoms with Gasteiger partial charge in [0.2, 0.25) is 0 Å². The lowest BCUT2D eigenvalue weighted by atomic mass is 9.99. The van der Waals surface area contributed by atoms with E-state index in [1.807, 2.05) is 25.1 Å². The summed E-state index contributed by atoms with van der Waals surface area (Å²) in [6, 6.07) is 15.0. The minimum absolute atomic E-state index is 0.0410. The van der Waals surface area contributed by atoms with E-state index in [2.05, 4.69) is 9.80 Å². The minimum atomic E-state index is -3.30. The van der Waals surface area contributed by atoms with Gasteiger partial charge in [-0.05, 0) is 36.6 Å². The van der Waals surface area contributed by atoms with Gasteiger partial charge < -0.3 is 4.74 Å². The van der Waals surface area contributed by atoms with Crippen molar-refractivity contribution in [2.75, 3.05) is 46.1 Å². The molecular formula is C27H29ClN2O5S. The topological polar surface area (TPSA) is 84.0 Å². The van der Waals surface area contributed by atoms with Gasteiger partial charge in [0.15, 0.2) is 21.4 Å². The summed E-state index contributed by atoms with van der Waals surface area (Å²) >= 11 is 6.40. The summed E-state index contributed by atoms with van der Waals surface area (Å²) < 4.78 is 28.5. The van der Waals surface area contributed by atoms with Crippen LogP contribution in [0.5, 0.6) is 5.75 Å². The first-order chi connectivity index (χ1) is 17.1. The minimum Gasteiger partial charge on any atom is -0.495 e. The lowest BCUT2D eigenvalue weighted by Gasteiger charge is -2.37. The summed E-state index contributed by atoms with van der Waals surface area (Å²) in [7, 11) is -1.73. The maximum Gasteiger partial charge on any atom is 0.179 e. The van der Waals surface area contributed by atoms with Gasteiger partial charge in [0.1, 0.15) is 5.75 Å². The van der Waals surface area contributed by atoms with Gasteiger partial charge in [-0.1, -0.05) is 41.9 Å². The van der Waals surface area contributed by atoms with E-state index >= 15 is 0 Å². The highest BCUT2D eigenvalue weighted by atomic mass is 35.5. The van der Waals surface area contributed by atoms with Gasteiger partial charge in [-0.3, -0.25) is 19.4 Å². The summed E-state index contributed by atoms with van der Waals surface area (Å²) in [5.41, 5.74) is 1.12. The van der Waals surface area contributed by atoms with Crippen LogP contribution in [-0.4, -0.2) is 81.9 Å². The van der Waals surface area contributed by atoms with Gasteiger partial charge in [-0.2, -0.15) is 0 Å². The number of piperazine rings is 1. The van der Waals surface area contributed by atoms with Crippen molar-refractivity contribution in [2.24, 2.45) is 0 Å². The number of rotatable bonds is 8. The van der Waals surface area contributed by atoms with Crippen molar-refractivity contribution in [2.45, 2.75) is 17.9 Å². The number of fused-ring (bicyclic) bond motifs is 1. The molecule has 1 aliphatic rings. The summed E-state index contributed by atoms with van der Waals surface area (Å²) in [4.78, 5) is 30.3. The quantitative estimate of drug-likeness (QED) is 0.409. The van der Waals surface area contributed by atoms with E-state index in [-0.39, 0.29) is 29.0 Å². The zero-order valence-corrected chi connectivity index (χ0v) is 22.1. The van der Waals surface area contributed by atoms with Crippen LogP contribution in [0.4, 0.5) is 0 Å². The smallest absolute Gasteiger partial charge is 0.179 e. The number of methoxy groups -OCH3 is 1. The predicted molar refractivity (Wildman–Crippen MR) is 141 cm³/mol. The number of carbonyl (C=O) groups excluding carboxylic acids is 2. The Hall–Kier alpha value is -2.78. The Morgan fingerprint density at radius 3 is 2.22 bits per heavy atom. The third-order valence-electron chi connectivity index (χ3n) is 6.73. The Bertz CT molecular complexity index is 1400. The van der Waals surface area contributed by atoms with E-state index < -0.39 is 9.84 Å². The first-order valence-electron chi connectivity index (χ1n) is 11.7. The van der Waals surface area contributed by atoms with Crippen molar-refractivity contribution < 1.29 is 22.7 Å². The third-order valence-corrected chi connectivity index (χ3v) is 8.25. The first-order valence-corrected chi connectivity index (χ1v) is 14.0. The summed E-state index contributed by atoms with van der Waals surface area (Å²) in [5, 5.41) is 2.25. The van der Waals surface area contributed by atoms with Crippen LogP contribution in [0.3, 0.4) is 0 Å². The lowest BCUT2D eigenvalue weighted by Crippen LogP contribution is -2.52. The molecule has 0 aliphatic carbocycles. The standard InChI is InChI=1S/C27H29ClN2O5S/c1-18(27(32)21-6-10-23-20(16-21)7-11-25(35-2)26(23)28)30-14-12-29(13-15-30)17-24(31)19-4-8-22(9-5-19)36(3,33)34/h4-11,16,18H,12-15,17H2,1-3H3. The first kappa shape index (κ1) is 26.3. The maximum absolute atomic E-state index is 13.2. The molecule has 0 bridgehead atoms. The zero-order chi connectivity index (χ0) is 26.0. The second kappa shape index (κ2) is 10.7. The lowest BCUT2D eigenvalue weighted by molar-refractivity contribution is 0.0662. The highest BCUT2D eigenvalue weighted by molar-refractivity contribution is 7.90. The number of carbonyl (C=O) groups is 2. The van der Waals surface area contributed by atoms with Crippen molar-refractivity contribution in [3.8, 4) is 5.75 Å². The number of ether oxygens (including phenoxy) is 1. The van der Waals surface area contributed by atoms with E-state index in [4.69, 9.17) is 16.3 Å². The molecule has 7 nitrogen and oxygen atoms in total. The number of halogens is 1. The van der Waals surface area contributed by atoms with Crippen LogP contribution < -0.4 is 4.74 Å². The number of sulfone groups is 1. The number of nitrogens with zero attached hydrogens (tertiary/aromatic N) is 2. The second-order valence-electron chi connectivity index (χ2n) is 9.09. The molecule has 3 aromatic rings. The molecule has 0 aromatic heterocycles. The van der Waals surface area contributed by atoms with Gasteiger partial charge in [-0.25, -0.2) is 8.42 Å². The van der Waals surface area contributed by atoms with Crippen molar-refractivity contribution in [1.82, 2.24) is 9.80 Å². The maximum atomic E-state index is 13.2. The van der Waals surface area contributed by atoms with Crippen LogP contribution in [-0.2, 0) is 9.84 Å². The number of hydrogen-bond donors (Lipinski definition) is 0. The molecule has 0 radical (unpaired) electrons. The summed E-state index contributed by atoms with van der Waals surface area (Å²) in [6.07, 6.45) is 1.14. The fourth-order valence-corrected chi connectivity index (χ4v) is 5.42. The molecule has 9 heteroatoms. The average Bonchev–Trinajstić information content (AvgIpc) is 2.88. The molecule has 1 heterocycles. The Morgan fingerprint density at radius 1 is 0.972 bits per heavy atom. The monoisotopic (exact) mass is 528 g/mol. The molecule has 3 aromatic carbocycles. The number of Topliss-reactive ketones (excluding diaryl/α,β-unsaturated/α-hetero) is 2. The fourth-order valence-electron chi connectivity index (χ4n) is 4.48. The largest absolute Gasteiger partial charge is 0.495 e. The van der Waals surface area contributed by atoms with E-state index in [0.29, 0.717) is 48.1 Å². The van der Waals surface area contributed by atoms with E-state index in [1.54, 1.807) is 31.4 Å². The van der Waals surface area contributed by atoms with Crippen molar-refractivity contribution in [3.05, 3.63) is 70.7 Å². The molecule has 1 atom stereocenters. The molecule has 1 saturated heterocycles. The molecule has 1 unspecified atom stereocenters. The van der Waals surface area contributed by atoms with Crippen LogP contribution in [0.1, 0.15) is 27.6 Å². The molecule has 0 spiro atoms. The average molecular weight is 529 g/mol. The Balaban J connectivity index is 1.35. The number of hydrogen-bond acceptors (Lipinski definition) is 7. The zero-order valence-electron chi connectivity index (χ0n) is 20.5.